The van der Waals surface area contributed by atoms with Crippen LogP contribution in [0.15, 0.2) is 22.1 Å². The molecule has 0 aliphatic heterocycles. The molecule has 0 unspecified atom stereocenters. The minimum Gasteiger partial charge on any atom is -0.481 e. The molecule has 0 aromatic carbocycles. The first-order valence-corrected chi connectivity index (χ1v) is 5.84. The van der Waals surface area contributed by atoms with Crippen molar-refractivity contribution in [3.8, 4) is 10.7 Å². The number of nitrogens with zero attached hydrogens (tertiary/aromatic N) is 1. The lowest BCUT2D eigenvalue weighted by Gasteiger charge is -1.91. The molecule has 2 heterocycles. The van der Waals surface area contributed by atoms with E-state index in [1.165, 1.54) is 0 Å². The minimum atomic E-state index is -0.878. The van der Waals surface area contributed by atoms with E-state index in [1.54, 1.807) is 11.3 Å². The average Bonchev–Trinajstić information content (AvgIpc) is 2.75. The lowest BCUT2D eigenvalue weighted by molar-refractivity contribution is -0.136. The maximum Gasteiger partial charge on any atom is 0.309 e. The van der Waals surface area contributed by atoms with Gasteiger partial charge < -0.3 is 10.1 Å². The normalized spacial score (nSPS) is 10.5. The first-order chi connectivity index (χ1) is 7.16. The summed E-state index contributed by atoms with van der Waals surface area (Å²) < 4.78 is 0.563. The van der Waals surface area contributed by atoms with Crippen molar-refractivity contribution in [3.05, 3.63) is 27.8 Å². The van der Waals surface area contributed by atoms with Crippen molar-refractivity contribution in [1.82, 2.24) is 9.97 Å². The predicted octanol–water partition coefficient (Wildman–Crippen LogP) is 2.53. The summed E-state index contributed by atoms with van der Waals surface area (Å²) in [5, 5.41) is 10.6. The fraction of sp³-hybridized carbons (Fsp3) is 0.111. The molecule has 2 aromatic heterocycles. The van der Waals surface area contributed by atoms with Gasteiger partial charge in [-0.25, -0.2) is 4.98 Å². The Morgan fingerprint density at radius 3 is 3.07 bits per heavy atom. The Morgan fingerprint density at radius 1 is 1.67 bits per heavy atom. The molecule has 0 fully saturated rings. The summed E-state index contributed by atoms with van der Waals surface area (Å²) in [6.07, 6.45) is -0.0566. The fourth-order valence-corrected chi connectivity index (χ4v) is 2.27. The standard InChI is InChI=1S/C9H7BrN2O2S/c10-8-5(4-7(13)14)11-9(12-8)6-2-1-3-15-6/h1-3H,4H2,(H,11,12)(H,13,14). The number of aromatic amines is 1. The number of carbonyl (C=O) groups is 1. The van der Waals surface area contributed by atoms with Gasteiger partial charge in [-0.2, -0.15) is 0 Å². The van der Waals surface area contributed by atoms with Gasteiger partial charge in [-0.3, -0.25) is 4.79 Å². The number of halogens is 1. The van der Waals surface area contributed by atoms with Crippen LogP contribution in [-0.2, 0) is 11.2 Å². The van der Waals surface area contributed by atoms with Crippen LogP contribution in [0.5, 0.6) is 0 Å². The van der Waals surface area contributed by atoms with Crippen LogP contribution in [0, 0.1) is 0 Å². The van der Waals surface area contributed by atoms with Gasteiger partial charge in [-0.1, -0.05) is 6.07 Å². The zero-order valence-corrected chi connectivity index (χ0v) is 9.93. The van der Waals surface area contributed by atoms with Crippen LogP contribution in [0.25, 0.3) is 10.7 Å². The average molecular weight is 287 g/mol. The number of carboxylic acids is 1. The first-order valence-electron chi connectivity index (χ1n) is 4.17. The van der Waals surface area contributed by atoms with Gasteiger partial charge in [0.2, 0.25) is 0 Å². The Bertz CT molecular complexity index is 478. The lowest BCUT2D eigenvalue weighted by Crippen LogP contribution is -2.00. The summed E-state index contributed by atoms with van der Waals surface area (Å²) in [6, 6.07) is 3.85. The Balaban J connectivity index is 2.33. The minimum absolute atomic E-state index is 0.0566. The molecule has 0 aliphatic rings. The molecule has 78 valence electrons. The van der Waals surface area contributed by atoms with Crippen molar-refractivity contribution in [2.24, 2.45) is 0 Å². The van der Waals surface area contributed by atoms with E-state index in [1.807, 2.05) is 17.5 Å². The van der Waals surface area contributed by atoms with Crippen LogP contribution in [0.1, 0.15) is 5.69 Å². The van der Waals surface area contributed by atoms with Crippen LogP contribution in [-0.4, -0.2) is 21.0 Å². The first kappa shape index (κ1) is 10.4. The number of carboxylic acid groups (broad SMARTS) is 1. The zero-order valence-electron chi connectivity index (χ0n) is 7.53. The number of hydrogen-bond acceptors (Lipinski definition) is 3. The van der Waals surface area contributed by atoms with Crippen molar-refractivity contribution in [3.63, 3.8) is 0 Å². The molecule has 2 aromatic rings. The SMILES string of the molecule is O=C(O)Cc1[nH]c(-c2cccs2)nc1Br. The molecule has 0 radical (unpaired) electrons. The van der Waals surface area contributed by atoms with Gasteiger partial charge in [0, 0.05) is 0 Å². The molecule has 0 amide bonds. The number of nitrogens with one attached hydrogen (secondary N) is 1. The molecule has 0 saturated carbocycles. The van der Waals surface area contributed by atoms with Crippen LogP contribution >= 0.6 is 27.3 Å². The summed E-state index contributed by atoms with van der Waals surface area (Å²) in [4.78, 5) is 18.7. The lowest BCUT2D eigenvalue weighted by atomic mass is 10.3. The number of hydrogen-bond donors (Lipinski definition) is 2. The fourth-order valence-electron chi connectivity index (χ4n) is 1.19. The molecule has 15 heavy (non-hydrogen) atoms. The van der Waals surface area contributed by atoms with Gasteiger partial charge in [0.25, 0.3) is 0 Å². The summed E-state index contributed by atoms with van der Waals surface area (Å²) >= 11 is 4.79. The molecule has 0 spiro atoms. The zero-order chi connectivity index (χ0) is 10.8. The van der Waals surface area contributed by atoms with E-state index in [0.717, 1.165) is 4.88 Å². The van der Waals surface area contributed by atoms with Gasteiger partial charge in [-0.05, 0) is 27.4 Å². The number of rotatable bonds is 3. The Morgan fingerprint density at radius 2 is 2.47 bits per heavy atom. The Hall–Kier alpha value is -1.14. The molecule has 2 rings (SSSR count). The number of H-pyrrole nitrogens is 1. The van der Waals surface area contributed by atoms with Gasteiger partial charge in [0.05, 0.1) is 17.0 Å². The van der Waals surface area contributed by atoms with Crippen LogP contribution in [0.2, 0.25) is 0 Å². The van der Waals surface area contributed by atoms with E-state index in [9.17, 15) is 4.79 Å². The van der Waals surface area contributed by atoms with Crippen molar-refractivity contribution in [2.75, 3.05) is 0 Å². The summed E-state index contributed by atoms with van der Waals surface area (Å²) in [7, 11) is 0. The highest BCUT2D eigenvalue weighted by Crippen LogP contribution is 2.25. The van der Waals surface area contributed by atoms with Crippen molar-refractivity contribution < 1.29 is 9.90 Å². The quantitative estimate of drug-likeness (QED) is 0.911. The van der Waals surface area contributed by atoms with E-state index in [-0.39, 0.29) is 6.42 Å². The van der Waals surface area contributed by atoms with E-state index in [4.69, 9.17) is 5.11 Å². The van der Waals surface area contributed by atoms with Gasteiger partial charge in [0.15, 0.2) is 0 Å². The van der Waals surface area contributed by atoms with Gasteiger partial charge in [0.1, 0.15) is 10.4 Å². The maximum absolute atomic E-state index is 10.6. The van der Waals surface area contributed by atoms with Crippen molar-refractivity contribution in [2.45, 2.75) is 6.42 Å². The largest absolute Gasteiger partial charge is 0.481 e. The highest BCUT2D eigenvalue weighted by atomic mass is 79.9. The van der Waals surface area contributed by atoms with Crippen LogP contribution < -0.4 is 0 Å². The second kappa shape index (κ2) is 4.16. The molecular formula is C9H7BrN2O2S. The third kappa shape index (κ3) is 2.27. The molecule has 0 aliphatic carbocycles. The molecular weight excluding hydrogens is 280 g/mol. The number of thiophene rings is 1. The topological polar surface area (TPSA) is 66.0 Å². The molecule has 2 N–H and O–H groups in total. The Kier molecular flexibility index (Phi) is 2.88. The van der Waals surface area contributed by atoms with E-state index < -0.39 is 5.97 Å². The van der Waals surface area contributed by atoms with E-state index in [0.29, 0.717) is 16.1 Å². The highest BCUT2D eigenvalue weighted by molar-refractivity contribution is 9.10. The highest BCUT2D eigenvalue weighted by Gasteiger charge is 2.12. The molecule has 0 bridgehead atoms. The molecule has 6 heteroatoms. The van der Waals surface area contributed by atoms with Gasteiger partial charge in [-0.15, -0.1) is 11.3 Å². The van der Waals surface area contributed by atoms with E-state index in [2.05, 4.69) is 25.9 Å². The number of imidazole rings is 1. The third-order valence-electron chi connectivity index (χ3n) is 1.81. The van der Waals surface area contributed by atoms with Crippen LogP contribution in [0.4, 0.5) is 0 Å². The molecule has 0 atom stereocenters. The van der Waals surface area contributed by atoms with Crippen molar-refractivity contribution in [1.29, 1.82) is 0 Å². The van der Waals surface area contributed by atoms with Crippen molar-refractivity contribution >= 4 is 33.2 Å². The second-order valence-corrected chi connectivity index (χ2v) is 4.60. The predicted molar refractivity (Wildman–Crippen MR) is 60.9 cm³/mol. The number of aromatic nitrogens is 2. The smallest absolute Gasteiger partial charge is 0.309 e. The molecule has 0 saturated heterocycles. The second-order valence-electron chi connectivity index (χ2n) is 2.90. The van der Waals surface area contributed by atoms with Gasteiger partial charge >= 0.3 is 5.97 Å². The van der Waals surface area contributed by atoms with Crippen LogP contribution in [0.3, 0.4) is 0 Å². The van der Waals surface area contributed by atoms with E-state index >= 15 is 0 Å². The number of aliphatic carboxylic acids is 1. The maximum atomic E-state index is 10.6. The molecule has 4 nitrogen and oxygen atoms in total. The summed E-state index contributed by atoms with van der Waals surface area (Å²) in [5.74, 6) is -0.176. The monoisotopic (exact) mass is 286 g/mol. The third-order valence-corrected chi connectivity index (χ3v) is 3.34. The summed E-state index contributed by atoms with van der Waals surface area (Å²) in [6.45, 7) is 0. The summed E-state index contributed by atoms with van der Waals surface area (Å²) in [5.41, 5.74) is 0.589. The Labute approximate surface area is 98.1 Å².